The molecule has 0 amide bonds. The van der Waals surface area contributed by atoms with Crippen LogP contribution >= 0.6 is 0 Å². The van der Waals surface area contributed by atoms with Crippen molar-refractivity contribution in [3.05, 3.63) is 78.8 Å². The van der Waals surface area contributed by atoms with Gasteiger partial charge in [0.25, 0.3) is 0 Å². The van der Waals surface area contributed by atoms with Gasteiger partial charge in [-0.05, 0) is 30.1 Å². The molecule has 0 heteroatoms. The van der Waals surface area contributed by atoms with Crippen molar-refractivity contribution in [2.75, 3.05) is 0 Å². The van der Waals surface area contributed by atoms with E-state index in [1.807, 2.05) is 0 Å². The van der Waals surface area contributed by atoms with Crippen LogP contribution in [0.4, 0.5) is 0 Å². The fraction of sp³-hybridized carbons (Fsp3) is 0.552. The molecule has 2 fully saturated rings. The fourth-order valence-corrected chi connectivity index (χ4v) is 9.00. The summed E-state index contributed by atoms with van der Waals surface area (Å²) >= 11 is 0. The van der Waals surface area contributed by atoms with Crippen molar-refractivity contribution in [2.24, 2.45) is 43.8 Å². The van der Waals surface area contributed by atoms with Gasteiger partial charge in [-0.15, -0.1) is 0 Å². The van der Waals surface area contributed by atoms with Gasteiger partial charge in [-0.2, -0.15) is 0 Å². The zero-order valence-electron chi connectivity index (χ0n) is 19.4. The lowest BCUT2D eigenvalue weighted by molar-refractivity contribution is -0.255. The smallest absolute Gasteiger partial charge is 0.00475 e. The molecule has 0 aromatic heterocycles. The lowest BCUT2D eigenvalue weighted by Crippen LogP contribution is -2.75. The molecule has 0 bridgehead atoms. The first-order valence-electron chi connectivity index (χ1n) is 11.3. The third-order valence-electron chi connectivity index (χ3n) is 11.8. The molecule has 8 atom stereocenters. The number of hydrogen-bond acceptors (Lipinski definition) is 0. The Hall–Kier alpha value is -1.56. The number of hydrogen-bond donors (Lipinski definition) is 0. The van der Waals surface area contributed by atoms with Gasteiger partial charge in [-0.1, -0.05) is 121 Å². The highest BCUT2D eigenvalue weighted by molar-refractivity contribution is 5.52. The Balaban J connectivity index is 1.95. The number of rotatable bonds is 0. The van der Waals surface area contributed by atoms with Crippen LogP contribution in [0, 0.1) is 50.2 Å². The van der Waals surface area contributed by atoms with Crippen molar-refractivity contribution < 1.29 is 0 Å². The Morgan fingerprint density at radius 2 is 1.14 bits per heavy atom. The van der Waals surface area contributed by atoms with Crippen LogP contribution in [-0.2, 0) is 0 Å². The maximum atomic E-state index is 4.25. The summed E-state index contributed by atoms with van der Waals surface area (Å²) in [6.45, 7) is 20.1. The molecule has 0 aliphatic heterocycles. The minimum absolute atomic E-state index is 0.0111. The van der Waals surface area contributed by atoms with Gasteiger partial charge in [0.05, 0.1) is 0 Å². The minimum Gasteiger partial charge on any atom is -0.0799 e. The van der Waals surface area contributed by atoms with Crippen LogP contribution in [0.1, 0.15) is 55.4 Å². The van der Waals surface area contributed by atoms with Crippen molar-refractivity contribution in [1.82, 2.24) is 0 Å². The molecule has 0 aromatic carbocycles. The van der Waals surface area contributed by atoms with E-state index in [2.05, 4.69) is 129 Å². The molecule has 5 rings (SSSR count). The summed E-state index contributed by atoms with van der Waals surface area (Å²) in [5.41, 5.74) is 1.33. The largest absolute Gasteiger partial charge is 0.0799 e. The predicted molar refractivity (Wildman–Crippen MR) is 123 cm³/mol. The molecular weight excluding hydrogens is 348 g/mol. The summed E-state index contributed by atoms with van der Waals surface area (Å²) < 4.78 is 0. The van der Waals surface area contributed by atoms with Gasteiger partial charge in [-0.25, -0.2) is 0 Å². The first-order chi connectivity index (χ1) is 13.4. The minimum atomic E-state index is -0.0943. The molecule has 0 saturated heterocycles. The second-order valence-corrected chi connectivity index (χ2v) is 11.6. The van der Waals surface area contributed by atoms with E-state index in [9.17, 15) is 0 Å². The van der Waals surface area contributed by atoms with Gasteiger partial charge >= 0.3 is 0 Å². The van der Waals surface area contributed by atoms with E-state index in [4.69, 9.17) is 0 Å². The van der Waals surface area contributed by atoms with E-state index < -0.39 is 0 Å². The Morgan fingerprint density at radius 1 is 0.655 bits per heavy atom. The summed E-state index contributed by atoms with van der Waals surface area (Å²) in [4.78, 5) is 0. The summed E-state index contributed by atoms with van der Waals surface area (Å²) in [6.07, 6.45) is 30.5. The SMILES string of the molecule is CC1=CC=CC2[C]C3(C)C4(C)C=CC=CC4(C)C4(C)C=CC=CC4(C)C3(C)C12C. The molecule has 29 heavy (non-hydrogen) atoms. The van der Waals surface area contributed by atoms with Gasteiger partial charge < -0.3 is 0 Å². The zero-order valence-corrected chi connectivity index (χ0v) is 19.4. The molecule has 0 aromatic rings. The zero-order chi connectivity index (χ0) is 21.1. The summed E-state index contributed by atoms with van der Waals surface area (Å²) in [5.74, 6) is 0.335. The van der Waals surface area contributed by atoms with Crippen LogP contribution in [0.5, 0.6) is 0 Å². The van der Waals surface area contributed by atoms with Gasteiger partial charge in [0.15, 0.2) is 0 Å². The number of fused-ring (bicyclic) bond motifs is 8. The molecule has 8 unspecified atom stereocenters. The Labute approximate surface area is 178 Å². The summed E-state index contributed by atoms with van der Waals surface area (Å²) in [7, 11) is 0. The third kappa shape index (κ3) is 1.50. The monoisotopic (exact) mass is 384 g/mol. The first kappa shape index (κ1) is 19.4. The molecular formula is C29H36. The van der Waals surface area contributed by atoms with Crippen molar-refractivity contribution in [3.63, 3.8) is 0 Å². The molecule has 152 valence electrons. The van der Waals surface area contributed by atoms with Crippen LogP contribution in [-0.4, -0.2) is 0 Å². The molecule has 5 aliphatic rings. The number of allylic oxidation sites excluding steroid dienone is 12. The Kier molecular flexibility index (Phi) is 3.35. The molecule has 5 aliphatic carbocycles. The van der Waals surface area contributed by atoms with Gasteiger partial charge in [0.2, 0.25) is 0 Å². The van der Waals surface area contributed by atoms with Crippen LogP contribution in [0.15, 0.2) is 72.4 Å². The van der Waals surface area contributed by atoms with Gasteiger partial charge in [0.1, 0.15) is 0 Å². The van der Waals surface area contributed by atoms with E-state index >= 15 is 0 Å². The van der Waals surface area contributed by atoms with Crippen LogP contribution in [0.3, 0.4) is 0 Å². The molecule has 2 saturated carbocycles. The van der Waals surface area contributed by atoms with Crippen molar-refractivity contribution in [1.29, 1.82) is 0 Å². The lowest BCUT2D eigenvalue weighted by atomic mass is 9.24. The second kappa shape index (κ2) is 5.01. The first-order valence-corrected chi connectivity index (χ1v) is 11.3. The highest BCUT2D eigenvalue weighted by Gasteiger charge is 2.84. The topological polar surface area (TPSA) is 0 Å². The second-order valence-electron chi connectivity index (χ2n) is 11.6. The summed E-state index contributed by atoms with van der Waals surface area (Å²) in [5, 5.41) is 0. The van der Waals surface area contributed by atoms with Gasteiger partial charge in [-0.3, -0.25) is 0 Å². The van der Waals surface area contributed by atoms with E-state index in [0.29, 0.717) is 5.92 Å². The molecule has 0 spiro atoms. The molecule has 2 radical (unpaired) electrons. The molecule has 0 N–H and O–H groups in total. The maximum absolute atomic E-state index is 4.25. The van der Waals surface area contributed by atoms with E-state index in [-0.39, 0.29) is 37.9 Å². The predicted octanol–water partition coefficient (Wildman–Crippen LogP) is 7.52. The van der Waals surface area contributed by atoms with Crippen LogP contribution in [0.25, 0.3) is 0 Å². The standard InChI is InChI=1S/C29H36/c1-21-14-13-15-22-20-27(6)25(4)18-10-9-16-23(25,2)24(3)17-11-12-19-26(24,5)29(27,8)28(21,22)7/h9-19,22H,1-8H3. The highest BCUT2D eigenvalue weighted by atomic mass is 14.9. The Morgan fingerprint density at radius 3 is 1.72 bits per heavy atom. The molecule has 0 heterocycles. The molecule has 0 nitrogen and oxygen atoms in total. The normalized spacial score (nSPS) is 59.0. The van der Waals surface area contributed by atoms with Crippen LogP contribution < -0.4 is 0 Å². The van der Waals surface area contributed by atoms with E-state index in [0.717, 1.165) is 0 Å². The fourth-order valence-electron chi connectivity index (χ4n) is 9.00. The lowest BCUT2D eigenvalue weighted by Gasteiger charge is -2.79. The highest BCUT2D eigenvalue weighted by Crippen LogP contribution is 2.89. The van der Waals surface area contributed by atoms with Crippen molar-refractivity contribution in [3.8, 4) is 0 Å². The van der Waals surface area contributed by atoms with E-state index in [1.165, 1.54) is 5.57 Å². The third-order valence-corrected chi connectivity index (χ3v) is 11.8. The quantitative estimate of drug-likeness (QED) is 0.405. The van der Waals surface area contributed by atoms with Crippen molar-refractivity contribution in [2.45, 2.75) is 55.4 Å². The maximum Gasteiger partial charge on any atom is 0.00475 e. The van der Waals surface area contributed by atoms with Gasteiger partial charge in [0, 0.05) is 27.1 Å². The Bertz CT molecular complexity index is 970. The van der Waals surface area contributed by atoms with Crippen LogP contribution in [0.2, 0.25) is 0 Å². The van der Waals surface area contributed by atoms with E-state index in [1.54, 1.807) is 0 Å². The summed E-state index contributed by atoms with van der Waals surface area (Å²) in [6, 6.07) is 0. The average molecular weight is 385 g/mol. The van der Waals surface area contributed by atoms with Crippen molar-refractivity contribution >= 4 is 0 Å². The average Bonchev–Trinajstić information content (AvgIpc) is 2.87.